The molecule has 0 aliphatic carbocycles. The minimum atomic E-state index is -3.89. The first kappa shape index (κ1) is 29.9. The Bertz CT molecular complexity index is 1250. The Morgan fingerprint density at radius 3 is 2.29 bits per heavy atom. The number of fused-ring (bicyclic) bond motifs is 1. The number of ether oxygens (including phenoxy) is 2. The van der Waals surface area contributed by atoms with Gasteiger partial charge in [0.15, 0.2) is 11.5 Å². The van der Waals surface area contributed by atoms with E-state index in [1.165, 1.54) is 17.9 Å². The molecule has 0 radical (unpaired) electrons. The summed E-state index contributed by atoms with van der Waals surface area (Å²) in [5, 5.41) is 3.59. The van der Waals surface area contributed by atoms with Crippen LogP contribution in [-0.4, -0.2) is 56.3 Å². The summed E-state index contributed by atoms with van der Waals surface area (Å²) in [7, 11) is -3.89. The Kier molecular flexibility index (Phi) is 10.1. The molecule has 2 aromatic rings. The first-order valence-electron chi connectivity index (χ1n) is 12.4. The van der Waals surface area contributed by atoms with Crippen molar-refractivity contribution in [2.45, 2.75) is 59.2 Å². The number of carbonyl (C=O) groups excluding carboxylic acids is 2. The minimum Gasteiger partial charge on any atom is -0.454 e. The monoisotopic (exact) mass is 585 g/mol. The summed E-state index contributed by atoms with van der Waals surface area (Å²) in [5.74, 6) is -0.299. The van der Waals surface area contributed by atoms with Gasteiger partial charge in [-0.05, 0) is 51.0 Å². The summed E-state index contributed by atoms with van der Waals surface area (Å²) in [5.41, 5.74) is 0.712. The molecule has 1 aliphatic rings. The molecule has 0 fully saturated rings. The number of anilines is 1. The van der Waals surface area contributed by atoms with Crippen LogP contribution in [0.3, 0.4) is 0 Å². The number of rotatable bonds is 12. The highest BCUT2D eigenvalue weighted by molar-refractivity contribution is 7.92. The van der Waals surface area contributed by atoms with Gasteiger partial charge in [-0.2, -0.15) is 0 Å². The molecule has 0 saturated carbocycles. The molecule has 1 N–H and O–H groups in total. The maximum absolute atomic E-state index is 13.9. The van der Waals surface area contributed by atoms with Crippen molar-refractivity contribution in [3.05, 3.63) is 52.0 Å². The smallest absolute Gasteiger partial charge is 0.244 e. The number of amides is 2. The van der Waals surface area contributed by atoms with E-state index in [0.717, 1.165) is 4.31 Å². The van der Waals surface area contributed by atoms with Gasteiger partial charge < -0.3 is 19.7 Å². The third kappa shape index (κ3) is 6.84. The predicted molar refractivity (Wildman–Crippen MR) is 148 cm³/mol. The van der Waals surface area contributed by atoms with Gasteiger partial charge in [0.25, 0.3) is 0 Å². The van der Waals surface area contributed by atoms with Crippen LogP contribution < -0.4 is 19.1 Å². The van der Waals surface area contributed by atoms with Crippen molar-refractivity contribution in [1.29, 1.82) is 0 Å². The number of halogens is 2. The van der Waals surface area contributed by atoms with Crippen LogP contribution in [0.15, 0.2) is 36.4 Å². The van der Waals surface area contributed by atoms with Gasteiger partial charge in [-0.15, -0.1) is 0 Å². The van der Waals surface area contributed by atoms with Crippen molar-refractivity contribution in [3.8, 4) is 11.5 Å². The van der Waals surface area contributed by atoms with Crippen LogP contribution in [0.4, 0.5) is 5.69 Å². The van der Waals surface area contributed by atoms with E-state index < -0.39 is 28.5 Å². The summed E-state index contributed by atoms with van der Waals surface area (Å²) in [6.07, 6.45) is 1.000. The van der Waals surface area contributed by atoms with E-state index in [1.54, 1.807) is 37.3 Å². The average Bonchev–Trinajstić information content (AvgIpc) is 3.36. The van der Waals surface area contributed by atoms with Crippen LogP contribution in [0, 0.1) is 0 Å². The lowest BCUT2D eigenvalue weighted by Crippen LogP contribution is -2.53. The molecule has 9 nitrogen and oxygen atoms in total. The largest absolute Gasteiger partial charge is 0.454 e. The zero-order valence-electron chi connectivity index (χ0n) is 21.9. The van der Waals surface area contributed by atoms with Crippen LogP contribution in [0.2, 0.25) is 10.0 Å². The molecule has 208 valence electrons. The van der Waals surface area contributed by atoms with Crippen molar-refractivity contribution in [3.63, 3.8) is 0 Å². The topological polar surface area (TPSA) is 105 Å². The van der Waals surface area contributed by atoms with E-state index in [1.807, 2.05) is 13.8 Å². The van der Waals surface area contributed by atoms with Crippen LogP contribution in [0.5, 0.6) is 11.5 Å². The van der Waals surface area contributed by atoms with Gasteiger partial charge >= 0.3 is 0 Å². The zero-order valence-corrected chi connectivity index (χ0v) is 24.2. The molecular formula is C26H33Cl2N3O6S. The number of nitrogens with one attached hydrogen (secondary N) is 1. The molecule has 0 unspecified atom stereocenters. The Morgan fingerprint density at radius 2 is 1.68 bits per heavy atom. The van der Waals surface area contributed by atoms with Gasteiger partial charge in [0.1, 0.15) is 12.6 Å². The van der Waals surface area contributed by atoms with Gasteiger partial charge in [0.05, 0.1) is 11.4 Å². The molecule has 1 aliphatic heterocycles. The number of hydrogen-bond donors (Lipinski definition) is 1. The van der Waals surface area contributed by atoms with Gasteiger partial charge in [-0.1, -0.05) is 43.1 Å². The molecule has 0 bridgehead atoms. The summed E-state index contributed by atoms with van der Waals surface area (Å²) in [6, 6.07) is 8.65. The maximum atomic E-state index is 13.9. The number of nitrogens with zero attached hydrogens (tertiary/aromatic N) is 2. The van der Waals surface area contributed by atoms with E-state index in [9.17, 15) is 18.0 Å². The van der Waals surface area contributed by atoms with Crippen LogP contribution in [0.1, 0.15) is 46.1 Å². The van der Waals surface area contributed by atoms with E-state index in [2.05, 4.69) is 5.32 Å². The van der Waals surface area contributed by atoms with Crippen molar-refractivity contribution in [2.24, 2.45) is 0 Å². The van der Waals surface area contributed by atoms with Gasteiger partial charge in [-0.25, -0.2) is 8.42 Å². The fourth-order valence-corrected chi connectivity index (χ4v) is 5.54. The molecular weight excluding hydrogens is 553 g/mol. The minimum absolute atomic E-state index is 0.0219. The second-order valence-corrected chi connectivity index (χ2v) is 11.9. The van der Waals surface area contributed by atoms with Crippen LogP contribution in [0.25, 0.3) is 0 Å². The third-order valence-electron chi connectivity index (χ3n) is 6.40. The second-order valence-electron chi connectivity index (χ2n) is 8.91. The zero-order chi connectivity index (χ0) is 28.0. The second kappa shape index (κ2) is 12.9. The van der Waals surface area contributed by atoms with Crippen LogP contribution in [-0.2, 0) is 26.2 Å². The number of carbonyl (C=O) groups is 2. The summed E-state index contributed by atoms with van der Waals surface area (Å²) >= 11 is 12.8. The molecule has 0 spiro atoms. The van der Waals surface area contributed by atoms with Crippen LogP contribution >= 0.6 is 23.2 Å². The maximum Gasteiger partial charge on any atom is 0.244 e. The van der Waals surface area contributed by atoms with E-state index >= 15 is 0 Å². The Hall–Kier alpha value is -2.69. The van der Waals surface area contributed by atoms with Gasteiger partial charge in [-0.3, -0.25) is 13.9 Å². The average molecular weight is 587 g/mol. The lowest BCUT2D eigenvalue weighted by atomic mass is 10.1. The van der Waals surface area contributed by atoms with Crippen molar-refractivity contribution < 1.29 is 27.5 Å². The quantitative estimate of drug-likeness (QED) is 0.390. The molecule has 2 amide bonds. The summed E-state index contributed by atoms with van der Waals surface area (Å²) in [6.45, 7) is 6.50. The number of sulfonamides is 1. The molecule has 2 aromatic carbocycles. The lowest BCUT2D eigenvalue weighted by Gasteiger charge is -2.34. The Balaban J connectivity index is 2.02. The first-order valence-corrected chi connectivity index (χ1v) is 14.8. The highest BCUT2D eigenvalue weighted by Crippen LogP contribution is 2.36. The predicted octanol–water partition coefficient (Wildman–Crippen LogP) is 4.60. The number of hydrogen-bond acceptors (Lipinski definition) is 6. The fourth-order valence-electron chi connectivity index (χ4n) is 3.97. The van der Waals surface area contributed by atoms with E-state index in [0.29, 0.717) is 39.9 Å². The molecule has 3 rings (SSSR count). The first-order chi connectivity index (χ1) is 18.0. The van der Waals surface area contributed by atoms with Crippen molar-refractivity contribution in [1.82, 2.24) is 10.2 Å². The summed E-state index contributed by atoms with van der Waals surface area (Å²) in [4.78, 5) is 28.5. The number of benzene rings is 2. The third-order valence-corrected chi connectivity index (χ3v) is 8.85. The normalized spacial score (nSPS) is 14.1. The van der Waals surface area contributed by atoms with Crippen molar-refractivity contribution in [2.75, 3.05) is 23.4 Å². The molecule has 0 aromatic heterocycles. The Morgan fingerprint density at radius 1 is 1.03 bits per heavy atom. The molecule has 0 saturated heterocycles. The lowest BCUT2D eigenvalue weighted by molar-refractivity contribution is -0.140. The Labute approximate surface area is 234 Å². The van der Waals surface area contributed by atoms with Gasteiger partial charge in [0.2, 0.25) is 28.6 Å². The van der Waals surface area contributed by atoms with E-state index in [-0.39, 0.29) is 36.7 Å². The molecule has 1 heterocycles. The molecule has 2 atom stereocenters. The molecule has 12 heteroatoms. The fraction of sp³-hybridized carbons (Fsp3) is 0.462. The highest BCUT2D eigenvalue weighted by atomic mass is 35.5. The van der Waals surface area contributed by atoms with E-state index in [4.69, 9.17) is 32.7 Å². The van der Waals surface area contributed by atoms with Gasteiger partial charge in [0, 0.05) is 34.3 Å². The standard InChI is InChI=1S/C26H33Cl2N3O6S/c1-5-17(4)29-26(33)22(6-2)30(14-19-20(27)9-8-10-21(19)28)25(32)15-31(38(34,35)7-3)18-11-12-23-24(13-18)37-16-36-23/h8-13,17,22H,5-7,14-16H2,1-4H3,(H,29,33)/t17-,22+/m0/s1. The molecule has 38 heavy (non-hydrogen) atoms. The SMILES string of the molecule is CC[C@H](C(=O)N[C@@H](C)CC)N(Cc1c(Cl)cccc1Cl)C(=O)CN(c1ccc2c(c1)OCO2)S(=O)(=O)CC. The summed E-state index contributed by atoms with van der Waals surface area (Å²) < 4.78 is 38.1. The van der Waals surface area contributed by atoms with Crippen molar-refractivity contribution >= 4 is 50.7 Å². The highest BCUT2D eigenvalue weighted by Gasteiger charge is 2.34.